The predicted octanol–water partition coefficient (Wildman–Crippen LogP) is 4.29. The number of hydrogen-bond acceptors (Lipinski definition) is 1. The van der Waals surface area contributed by atoms with Gasteiger partial charge in [-0.15, -0.1) is 0 Å². The third-order valence-corrected chi connectivity index (χ3v) is 3.96. The first-order chi connectivity index (χ1) is 7.55. The van der Waals surface area contributed by atoms with Gasteiger partial charge >= 0.3 is 0 Å². The Kier molecular flexibility index (Phi) is 4.52. The maximum Gasteiger partial charge on any atom is 0.163 e. The Morgan fingerprint density at radius 3 is 2.81 bits per heavy atom. The molecule has 0 bridgehead atoms. The molecule has 0 N–H and O–H groups in total. The van der Waals surface area contributed by atoms with E-state index < -0.39 is 0 Å². The van der Waals surface area contributed by atoms with Crippen LogP contribution in [0.25, 0.3) is 0 Å². The Bertz CT molecular complexity index is 301. The smallest absolute Gasteiger partial charge is 0.163 e. The summed E-state index contributed by atoms with van der Waals surface area (Å²) in [6.45, 7) is 10.6. The summed E-state index contributed by atoms with van der Waals surface area (Å²) >= 11 is 0. The van der Waals surface area contributed by atoms with Gasteiger partial charge in [0.1, 0.15) is 0 Å². The molecule has 2 unspecified atom stereocenters. The zero-order chi connectivity index (χ0) is 12.2. The molecule has 0 radical (unpaired) electrons. The van der Waals surface area contributed by atoms with Crippen LogP contribution in [0.4, 0.5) is 0 Å². The fraction of sp³-hybridized carbons (Fsp3) is 0.667. The lowest BCUT2D eigenvalue weighted by Crippen LogP contribution is -2.36. The molecule has 1 rings (SSSR count). The van der Waals surface area contributed by atoms with E-state index in [1.807, 2.05) is 6.08 Å². The molecule has 0 aromatic heterocycles. The number of carbonyl (C=O) groups is 1. The van der Waals surface area contributed by atoms with Crippen molar-refractivity contribution in [2.75, 3.05) is 0 Å². The van der Waals surface area contributed by atoms with Crippen molar-refractivity contribution >= 4 is 5.78 Å². The van der Waals surface area contributed by atoms with E-state index >= 15 is 0 Å². The lowest BCUT2D eigenvalue weighted by Gasteiger charge is -2.41. The van der Waals surface area contributed by atoms with Crippen LogP contribution >= 0.6 is 0 Å². The molecule has 0 saturated heterocycles. The standard InChI is InChI=1S/C15H24O/c1-5-7-10-13(16)14-12(3)9-8-11-15(14,4)6-2/h7,10,14H,3,5-6,8-9,11H2,1-2,4H3. The molecule has 0 heterocycles. The minimum atomic E-state index is 0.0500. The van der Waals surface area contributed by atoms with Crippen molar-refractivity contribution in [3.8, 4) is 0 Å². The third-order valence-electron chi connectivity index (χ3n) is 3.96. The van der Waals surface area contributed by atoms with Crippen LogP contribution in [-0.2, 0) is 4.79 Å². The van der Waals surface area contributed by atoms with E-state index in [-0.39, 0.29) is 17.1 Å². The summed E-state index contributed by atoms with van der Waals surface area (Å²) < 4.78 is 0. The summed E-state index contributed by atoms with van der Waals surface area (Å²) in [5, 5.41) is 0. The molecule has 0 aliphatic heterocycles. The van der Waals surface area contributed by atoms with Crippen molar-refractivity contribution in [1.82, 2.24) is 0 Å². The maximum atomic E-state index is 12.2. The fourth-order valence-electron chi connectivity index (χ4n) is 2.76. The van der Waals surface area contributed by atoms with Crippen molar-refractivity contribution in [2.24, 2.45) is 11.3 Å². The maximum absolute atomic E-state index is 12.2. The molecular weight excluding hydrogens is 196 g/mol. The fourth-order valence-corrected chi connectivity index (χ4v) is 2.76. The van der Waals surface area contributed by atoms with Crippen LogP contribution < -0.4 is 0 Å². The van der Waals surface area contributed by atoms with Gasteiger partial charge < -0.3 is 0 Å². The normalized spacial score (nSPS) is 30.9. The molecule has 2 atom stereocenters. The van der Waals surface area contributed by atoms with Gasteiger partial charge in [0.05, 0.1) is 0 Å². The summed E-state index contributed by atoms with van der Waals surface area (Å²) in [7, 11) is 0. The van der Waals surface area contributed by atoms with Crippen LogP contribution in [0.1, 0.15) is 52.9 Å². The molecule has 1 aliphatic carbocycles. The minimum absolute atomic E-state index is 0.0500. The molecule has 0 aromatic carbocycles. The summed E-state index contributed by atoms with van der Waals surface area (Å²) in [6.07, 6.45) is 9.06. The predicted molar refractivity (Wildman–Crippen MR) is 69.3 cm³/mol. The summed E-state index contributed by atoms with van der Waals surface area (Å²) in [5.41, 5.74) is 1.27. The second-order valence-electron chi connectivity index (χ2n) is 5.17. The van der Waals surface area contributed by atoms with Gasteiger partial charge in [-0.1, -0.05) is 39.0 Å². The largest absolute Gasteiger partial charge is 0.294 e. The van der Waals surface area contributed by atoms with Crippen molar-refractivity contribution in [3.05, 3.63) is 24.3 Å². The molecule has 1 heteroatoms. The van der Waals surface area contributed by atoms with Gasteiger partial charge in [0.25, 0.3) is 0 Å². The monoisotopic (exact) mass is 220 g/mol. The second kappa shape index (κ2) is 5.47. The van der Waals surface area contributed by atoms with Gasteiger partial charge in [-0.25, -0.2) is 0 Å². The Hall–Kier alpha value is -0.850. The lowest BCUT2D eigenvalue weighted by molar-refractivity contribution is -0.121. The SMILES string of the molecule is C=C1CCCC(C)(CC)C1C(=O)C=CCC. The van der Waals surface area contributed by atoms with Gasteiger partial charge in [0.2, 0.25) is 0 Å². The van der Waals surface area contributed by atoms with Gasteiger partial charge in [0, 0.05) is 5.92 Å². The highest BCUT2D eigenvalue weighted by Crippen LogP contribution is 2.46. The number of rotatable bonds is 4. The van der Waals surface area contributed by atoms with Crippen LogP contribution in [-0.4, -0.2) is 5.78 Å². The number of allylic oxidation sites excluding steroid dienone is 3. The highest BCUT2D eigenvalue weighted by Gasteiger charge is 2.40. The van der Waals surface area contributed by atoms with Gasteiger partial charge in [0.15, 0.2) is 5.78 Å². The number of carbonyl (C=O) groups excluding carboxylic acids is 1. The van der Waals surface area contributed by atoms with E-state index in [0.717, 1.165) is 31.3 Å². The minimum Gasteiger partial charge on any atom is -0.294 e. The summed E-state index contributed by atoms with van der Waals surface area (Å²) in [6, 6.07) is 0. The van der Waals surface area contributed by atoms with Crippen molar-refractivity contribution in [2.45, 2.75) is 52.9 Å². The number of ketones is 1. The van der Waals surface area contributed by atoms with Gasteiger partial charge in [-0.3, -0.25) is 4.79 Å². The molecule has 0 amide bonds. The average molecular weight is 220 g/mol. The Balaban J connectivity index is 2.90. The summed E-state index contributed by atoms with van der Waals surface area (Å²) in [4.78, 5) is 12.2. The average Bonchev–Trinajstić information content (AvgIpc) is 2.26. The molecule has 16 heavy (non-hydrogen) atoms. The van der Waals surface area contributed by atoms with Crippen LogP contribution in [0.3, 0.4) is 0 Å². The highest BCUT2D eigenvalue weighted by molar-refractivity contribution is 5.94. The van der Waals surface area contributed by atoms with E-state index in [1.165, 1.54) is 6.42 Å². The first kappa shape index (κ1) is 13.2. The highest BCUT2D eigenvalue weighted by atomic mass is 16.1. The van der Waals surface area contributed by atoms with Crippen molar-refractivity contribution in [1.29, 1.82) is 0 Å². The molecule has 1 fully saturated rings. The zero-order valence-electron chi connectivity index (χ0n) is 10.9. The van der Waals surface area contributed by atoms with E-state index in [2.05, 4.69) is 27.4 Å². The molecule has 1 aliphatic rings. The second-order valence-corrected chi connectivity index (χ2v) is 5.17. The molecule has 90 valence electrons. The first-order valence-electron chi connectivity index (χ1n) is 6.43. The van der Waals surface area contributed by atoms with Gasteiger partial charge in [-0.05, 0) is 43.6 Å². The van der Waals surface area contributed by atoms with Crippen LogP contribution in [0.15, 0.2) is 24.3 Å². The molecule has 0 aromatic rings. The van der Waals surface area contributed by atoms with E-state index in [1.54, 1.807) is 6.08 Å². The van der Waals surface area contributed by atoms with E-state index in [9.17, 15) is 4.79 Å². The van der Waals surface area contributed by atoms with Crippen molar-refractivity contribution in [3.63, 3.8) is 0 Å². The van der Waals surface area contributed by atoms with E-state index in [4.69, 9.17) is 0 Å². The molecule has 0 spiro atoms. The van der Waals surface area contributed by atoms with Crippen LogP contribution in [0, 0.1) is 11.3 Å². The first-order valence-corrected chi connectivity index (χ1v) is 6.43. The third kappa shape index (κ3) is 2.63. The molecule has 1 saturated carbocycles. The van der Waals surface area contributed by atoms with Crippen molar-refractivity contribution < 1.29 is 4.79 Å². The lowest BCUT2D eigenvalue weighted by atomic mass is 9.62. The zero-order valence-corrected chi connectivity index (χ0v) is 10.9. The van der Waals surface area contributed by atoms with Crippen LogP contribution in [0.5, 0.6) is 0 Å². The van der Waals surface area contributed by atoms with Gasteiger partial charge in [-0.2, -0.15) is 0 Å². The number of hydrogen-bond donors (Lipinski definition) is 0. The Labute approximate surface area is 99.6 Å². The Morgan fingerprint density at radius 2 is 2.25 bits per heavy atom. The van der Waals surface area contributed by atoms with Crippen LogP contribution in [0.2, 0.25) is 0 Å². The Morgan fingerprint density at radius 1 is 1.56 bits per heavy atom. The molecular formula is C15H24O. The molecule has 1 nitrogen and oxygen atoms in total. The summed E-state index contributed by atoms with van der Waals surface area (Å²) in [5.74, 6) is 0.310. The quantitative estimate of drug-likeness (QED) is 0.510. The van der Waals surface area contributed by atoms with E-state index in [0.29, 0.717) is 0 Å². The topological polar surface area (TPSA) is 17.1 Å².